The Morgan fingerprint density at radius 1 is 1.39 bits per heavy atom. The summed E-state index contributed by atoms with van der Waals surface area (Å²) in [5.41, 5.74) is 1.64. The number of ether oxygens (including phenoxy) is 2. The Labute approximate surface area is 205 Å². The molecule has 186 valence electrons. The van der Waals surface area contributed by atoms with Gasteiger partial charge in [-0.3, -0.25) is 5.10 Å². The zero-order valence-corrected chi connectivity index (χ0v) is 19.9. The molecule has 2 aromatic heterocycles. The van der Waals surface area contributed by atoms with Gasteiger partial charge in [0.15, 0.2) is 23.5 Å². The Morgan fingerprint density at radius 3 is 2.83 bits per heavy atom. The van der Waals surface area contributed by atoms with E-state index >= 15 is 4.39 Å². The maximum absolute atomic E-state index is 16.2. The van der Waals surface area contributed by atoms with Crippen molar-refractivity contribution in [1.82, 2.24) is 14.8 Å². The minimum Gasteiger partial charge on any atom is -0.494 e. The number of carbonyl (C=O) groups is 1. The van der Waals surface area contributed by atoms with Crippen molar-refractivity contribution in [3.8, 4) is 17.5 Å². The van der Waals surface area contributed by atoms with Crippen molar-refractivity contribution >= 4 is 27.8 Å². The van der Waals surface area contributed by atoms with Crippen molar-refractivity contribution in [2.75, 3.05) is 13.7 Å². The van der Waals surface area contributed by atoms with E-state index in [9.17, 15) is 19.6 Å². The van der Waals surface area contributed by atoms with Gasteiger partial charge in [-0.25, -0.2) is 13.6 Å². The van der Waals surface area contributed by atoms with Crippen LogP contribution in [-0.2, 0) is 14.9 Å². The van der Waals surface area contributed by atoms with Crippen LogP contribution in [0.4, 0.5) is 8.78 Å². The van der Waals surface area contributed by atoms with Gasteiger partial charge in [-0.1, -0.05) is 13.8 Å². The number of carboxylic acid groups (broad SMARTS) is 1. The quantitative estimate of drug-likeness (QED) is 0.393. The Balaban J connectivity index is 1.93. The van der Waals surface area contributed by atoms with Crippen LogP contribution >= 0.6 is 0 Å². The number of hydrogen-bond donors (Lipinski definition) is 2. The molecule has 2 atom stereocenters. The number of fused-ring (bicyclic) bond motifs is 2. The van der Waals surface area contributed by atoms with Crippen LogP contribution in [-0.4, -0.2) is 45.7 Å². The fourth-order valence-electron chi connectivity index (χ4n) is 5.23. The third kappa shape index (κ3) is 3.58. The Morgan fingerprint density at radius 2 is 2.17 bits per heavy atom. The maximum atomic E-state index is 16.2. The molecule has 1 fully saturated rings. The highest BCUT2D eigenvalue weighted by Gasteiger charge is 2.40. The molecule has 4 aromatic rings. The molecule has 0 bridgehead atoms. The van der Waals surface area contributed by atoms with Crippen LogP contribution in [0, 0.1) is 23.0 Å². The molecule has 0 spiro atoms. The second kappa shape index (κ2) is 8.60. The number of aliphatic carboxylic acids is 1. The Hall–Kier alpha value is -3.97. The smallest absolute Gasteiger partial charge is 0.332 e. The first-order chi connectivity index (χ1) is 17.2. The number of carboxylic acids is 1. The van der Waals surface area contributed by atoms with E-state index < -0.39 is 35.0 Å². The average molecular weight is 494 g/mol. The molecule has 2 aromatic carbocycles. The van der Waals surface area contributed by atoms with Gasteiger partial charge in [-0.2, -0.15) is 10.4 Å². The van der Waals surface area contributed by atoms with E-state index in [1.165, 1.54) is 25.4 Å². The molecule has 1 aliphatic heterocycles. The largest absolute Gasteiger partial charge is 0.494 e. The third-order valence-electron chi connectivity index (χ3n) is 6.88. The number of hydrogen-bond acceptors (Lipinski definition) is 5. The molecule has 3 heterocycles. The SMILES string of the molecule is COc1cc(-n2c(C(C)(C)CC#N)c(C3CO[C@@H](C(=O)O)C3)c3c(F)c4[nH]ncc4cc32)ccc1F. The molecule has 1 saturated heterocycles. The summed E-state index contributed by atoms with van der Waals surface area (Å²) < 4.78 is 43.1. The topological polar surface area (TPSA) is 113 Å². The molecule has 0 radical (unpaired) electrons. The molecule has 0 aliphatic carbocycles. The van der Waals surface area contributed by atoms with Gasteiger partial charge in [0.05, 0.1) is 31.5 Å². The molecular weight excluding hydrogens is 470 g/mol. The van der Waals surface area contributed by atoms with Crippen LogP contribution < -0.4 is 4.74 Å². The number of H-pyrrole nitrogens is 1. The highest BCUT2D eigenvalue weighted by Crippen LogP contribution is 2.47. The third-order valence-corrected chi connectivity index (χ3v) is 6.88. The lowest BCUT2D eigenvalue weighted by Crippen LogP contribution is -2.24. The number of benzene rings is 2. The summed E-state index contributed by atoms with van der Waals surface area (Å²) in [4.78, 5) is 11.7. The van der Waals surface area contributed by atoms with Crippen LogP contribution in [0.1, 0.15) is 43.9 Å². The second-order valence-electron chi connectivity index (χ2n) is 9.65. The first kappa shape index (κ1) is 23.8. The molecule has 0 saturated carbocycles. The molecule has 8 nitrogen and oxygen atoms in total. The Kier molecular flexibility index (Phi) is 5.68. The predicted octanol–water partition coefficient (Wildman–Crippen LogP) is 4.94. The van der Waals surface area contributed by atoms with E-state index in [1.54, 1.807) is 12.1 Å². The summed E-state index contributed by atoms with van der Waals surface area (Å²) in [5.74, 6) is -2.60. The van der Waals surface area contributed by atoms with Crippen molar-refractivity contribution < 1.29 is 28.2 Å². The van der Waals surface area contributed by atoms with Gasteiger partial charge in [0.1, 0.15) is 5.52 Å². The van der Waals surface area contributed by atoms with Crippen molar-refractivity contribution in [3.63, 3.8) is 0 Å². The first-order valence-corrected chi connectivity index (χ1v) is 11.4. The molecule has 5 rings (SSSR count). The summed E-state index contributed by atoms with van der Waals surface area (Å²) in [7, 11) is 1.36. The number of nitrogens with one attached hydrogen (secondary N) is 1. The van der Waals surface area contributed by atoms with Crippen molar-refractivity contribution in [2.45, 2.75) is 44.1 Å². The summed E-state index contributed by atoms with van der Waals surface area (Å²) >= 11 is 0. The van der Waals surface area contributed by atoms with E-state index in [2.05, 4.69) is 16.3 Å². The van der Waals surface area contributed by atoms with E-state index in [-0.39, 0.29) is 36.1 Å². The van der Waals surface area contributed by atoms with Gasteiger partial charge < -0.3 is 19.1 Å². The van der Waals surface area contributed by atoms with E-state index in [0.717, 1.165) is 0 Å². The molecule has 36 heavy (non-hydrogen) atoms. The normalized spacial score (nSPS) is 18.1. The number of nitrogens with zero attached hydrogens (tertiary/aromatic N) is 3. The van der Waals surface area contributed by atoms with Gasteiger partial charge in [0.2, 0.25) is 0 Å². The van der Waals surface area contributed by atoms with Gasteiger partial charge in [-0.05, 0) is 30.2 Å². The number of rotatable bonds is 6. The van der Waals surface area contributed by atoms with E-state index in [0.29, 0.717) is 27.8 Å². The number of halogens is 2. The number of methoxy groups -OCH3 is 1. The molecule has 2 N–H and O–H groups in total. The predicted molar refractivity (Wildman–Crippen MR) is 127 cm³/mol. The molecule has 10 heteroatoms. The molecule has 1 unspecified atom stereocenters. The average Bonchev–Trinajstić information content (AvgIpc) is 3.57. The fraction of sp³-hybridized carbons (Fsp3) is 0.346. The highest BCUT2D eigenvalue weighted by atomic mass is 19.1. The first-order valence-electron chi connectivity index (χ1n) is 11.4. The van der Waals surface area contributed by atoms with Gasteiger partial charge in [0, 0.05) is 46.0 Å². The minimum atomic E-state index is -1.08. The second-order valence-corrected chi connectivity index (χ2v) is 9.65. The van der Waals surface area contributed by atoms with E-state index in [1.807, 2.05) is 18.4 Å². The lowest BCUT2D eigenvalue weighted by atomic mass is 9.79. The molecule has 0 amide bonds. The summed E-state index contributed by atoms with van der Waals surface area (Å²) in [6.45, 7) is 3.83. The Bertz CT molecular complexity index is 1550. The maximum Gasteiger partial charge on any atom is 0.332 e. The standard InChI is InChI=1S/C26H24F2N4O4/c1-26(2,6-7-29)24-20(14-9-19(25(33)34)36-12-14)21-17(8-13-11-30-31-23(13)22(21)28)32(24)15-4-5-16(27)18(10-15)35-3/h4-5,8,10-11,14,19H,6,9,12H2,1-3H3,(H,30,31)(H,33,34)/t14?,19-/m1/s1. The molecular formula is C26H24F2N4O4. The van der Waals surface area contributed by atoms with Crippen LogP contribution in [0.15, 0.2) is 30.5 Å². The lowest BCUT2D eigenvalue weighted by molar-refractivity contribution is -0.147. The highest BCUT2D eigenvalue weighted by molar-refractivity contribution is 6.00. The summed E-state index contributed by atoms with van der Waals surface area (Å²) in [6, 6.07) is 8.36. The van der Waals surface area contributed by atoms with Crippen molar-refractivity contribution in [2.24, 2.45) is 0 Å². The lowest BCUT2D eigenvalue weighted by Gasteiger charge is -2.28. The minimum absolute atomic E-state index is 0.0138. The van der Waals surface area contributed by atoms with Gasteiger partial charge >= 0.3 is 5.97 Å². The monoisotopic (exact) mass is 494 g/mol. The zero-order chi connectivity index (χ0) is 25.8. The summed E-state index contributed by atoms with van der Waals surface area (Å²) in [5, 5.41) is 26.7. The van der Waals surface area contributed by atoms with Crippen LogP contribution in [0.25, 0.3) is 27.5 Å². The number of aromatic amines is 1. The fourth-order valence-corrected chi connectivity index (χ4v) is 5.23. The van der Waals surface area contributed by atoms with E-state index in [4.69, 9.17) is 9.47 Å². The van der Waals surface area contributed by atoms with Crippen LogP contribution in [0.3, 0.4) is 0 Å². The van der Waals surface area contributed by atoms with Crippen molar-refractivity contribution in [3.05, 3.63) is 53.4 Å². The van der Waals surface area contributed by atoms with Crippen LogP contribution in [0.5, 0.6) is 5.75 Å². The van der Waals surface area contributed by atoms with Gasteiger partial charge in [0.25, 0.3) is 0 Å². The van der Waals surface area contributed by atoms with Crippen LogP contribution in [0.2, 0.25) is 0 Å². The molecule has 1 aliphatic rings. The summed E-state index contributed by atoms with van der Waals surface area (Å²) in [6.07, 6.45) is 0.743. The van der Waals surface area contributed by atoms with Gasteiger partial charge in [-0.15, -0.1) is 0 Å². The number of aromatic nitrogens is 3. The van der Waals surface area contributed by atoms with Crippen molar-refractivity contribution in [1.29, 1.82) is 5.26 Å². The zero-order valence-electron chi connectivity index (χ0n) is 19.9. The number of nitriles is 1.